The number of imidazole rings is 1. The van der Waals surface area contributed by atoms with E-state index in [2.05, 4.69) is 9.97 Å². The first-order chi connectivity index (χ1) is 11.3. The number of aromatic amines is 2. The highest BCUT2D eigenvalue weighted by molar-refractivity contribution is 7.92. The molecule has 4 rings (SSSR count). The maximum absolute atomic E-state index is 13.0. The fourth-order valence-corrected chi connectivity index (χ4v) is 6.91. The number of sulfone groups is 1. The molecule has 11 heteroatoms. The lowest BCUT2D eigenvalue weighted by Crippen LogP contribution is -2.53. The van der Waals surface area contributed by atoms with Crippen molar-refractivity contribution in [3.8, 4) is 0 Å². The number of hydrogen-bond acceptors (Lipinski definition) is 6. The molecule has 2 unspecified atom stereocenters. The highest BCUT2D eigenvalue weighted by atomic mass is 32.2. The van der Waals surface area contributed by atoms with Gasteiger partial charge in [0.2, 0.25) is 10.0 Å². The molecule has 0 radical (unpaired) electrons. The van der Waals surface area contributed by atoms with Gasteiger partial charge in [-0.05, 0) is 18.2 Å². The predicted octanol–water partition coefficient (Wildman–Crippen LogP) is -0.957. The zero-order chi connectivity index (χ0) is 17.1. The second kappa shape index (κ2) is 5.15. The van der Waals surface area contributed by atoms with Crippen molar-refractivity contribution >= 4 is 30.9 Å². The van der Waals surface area contributed by atoms with Crippen LogP contribution in [0.4, 0.5) is 0 Å². The minimum atomic E-state index is -3.90. The lowest BCUT2D eigenvalue weighted by atomic mass is 10.2. The number of nitrogens with one attached hydrogen (secondary N) is 2. The highest BCUT2D eigenvalue weighted by Gasteiger charge is 2.48. The average Bonchev–Trinajstić information content (AvgIpc) is 3.02. The number of fused-ring (bicyclic) bond motifs is 2. The molecular formula is C13H15N3O6S2. The molecule has 24 heavy (non-hydrogen) atoms. The molecule has 130 valence electrons. The van der Waals surface area contributed by atoms with Gasteiger partial charge < -0.3 is 14.7 Å². The first kappa shape index (κ1) is 15.8. The summed E-state index contributed by atoms with van der Waals surface area (Å²) in [6, 6.07) is 3.56. The van der Waals surface area contributed by atoms with E-state index >= 15 is 0 Å². The molecule has 1 aromatic carbocycles. The van der Waals surface area contributed by atoms with Crippen LogP contribution in [-0.2, 0) is 24.6 Å². The molecule has 2 aliphatic rings. The number of rotatable bonds is 2. The largest absolute Gasteiger partial charge is 0.374 e. The van der Waals surface area contributed by atoms with Crippen LogP contribution in [0.1, 0.15) is 0 Å². The Labute approximate surface area is 137 Å². The van der Waals surface area contributed by atoms with Crippen LogP contribution in [0.2, 0.25) is 0 Å². The van der Waals surface area contributed by atoms with Crippen molar-refractivity contribution in [1.29, 1.82) is 0 Å². The quantitative estimate of drug-likeness (QED) is 0.698. The fourth-order valence-electron chi connectivity index (χ4n) is 3.29. The van der Waals surface area contributed by atoms with Gasteiger partial charge in [-0.1, -0.05) is 0 Å². The molecule has 0 bridgehead atoms. The fraction of sp³-hybridized carbons (Fsp3) is 0.462. The van der Waals surface area contributed by atoms with E-state index in [-0.39, 0.29) is 29.6 Å². The predicted molar refractivity (Wildman–Crippen MR) is 85.0 cm³/mol. The summed E-state index contributed by atoms with van der Waals surface area (Å²) in [5.41, 5.74) is 0.458. The Morgan fingerprint density at radius 2 is 1.92 bits per heavy atom. The van der Waals surface area contributed by atoms with E-state index in [0.29, 0.717) is 11.0 Å². The van der Waals surface area contributed by atoms with E-state index in [9.17, 15) is 21.6 Å². The summed E-state index contributed by atoms with van der Waals surface area (Å²) in [6.07, 6.45) is -0.630. The summed E-state index contributed by atoms with van der Waals surface area (Å²) in [7, 11) is -7.21. The number of morpholine rings is 1. The molecule has 0 aliphatic carbocycles. The van der Waals surface area contributed by atoms with Crippen molar-refractivity contribution in [2.75, 3.05) is 24.7 Å². The van der Waals surface area contributed by atoms with Crippen LogP contribution >= 0.6 is 0 Å². The normalized spacial score (nSPS) is 27.3. The minimum absolute atomic E-state index is 0.00944. The van der Waals surface area contributed by atoms with Crippen LogP contribution in [0.25, 0.3) is 11.0 Å². The zero-order valence-corrected chi connectivity index (χ0v) is 14.1. The number of hydrogen-bond donors (Lipinski definition) is 2. The van der Waals surface area contributed by atoms with Gasteiger partial charge in [0.15, 0.2) is 9.84 Å². The Bertz CT molecular complexity index is 1070. The molecule has 3 heterocycles. The molecule has 0 saturated carbocycles. The summed E-state index contributed by atoms with van der Waals surface area (Å²) in [5.74, 6) is -0.395. The molecule has 2 N–H and O–H groups in total. The average molecular weight is 373 g/mol. The van der Waals surface area contributed by atoms with Crippen LogP contribution in [0.15, 0.2) is 27.9 Å². The van der Waals surface area contributed by atoms with Gasteiger partial charge in [-0.2, -0.15) is 4.31 Å². The maximum atomic E-state index is 13.0. The van der Waals surface area contributed by atoms with Gasteiger partial charge in [-0.15, -0.1) is 0 Å². The monoisotopic (exact) mass is 373 g/mol. The van der Waals surface area contributed by atoms with Crippen molar-refractivity contribution in [2.45, 2.75) is 17.0 Å². The second-order valence-corrected chi connectivity index (χ2v) is 10.0. The van der Waals surface area contributed by atoms with Gasteiger partial charge in [0.1, 0.15) is 0 Å². The van der Waals surface area contributed by atoms with E-state index in [4.69, 9.17) is 4.74 Å². The highest BCUT2D eigenvalue weighted by Crippen LogP contribution is 2.30. The summed E-state index contributed by atoms with van der Waals surface area (Å²) >= 11 is 0. The van der Waals surface area contributed by atoms with Gasteiger partial charge >= 0.3 is 5.69 Å². The van der Waals surface area contributed by atoms with Crippen LogP contribution < -0.4 is 5.69 Å². The SMILES string of the molecule is O=c1[nH]c2ccc(S(=O)(=O)N3CCOC4CS(=O)(=O)CC43)cc2[nH]1. The first-order valence-corrected chi connectivity index (χ1v) is 10.6. The molecule has 9 nitrogen and oxygen atoms in total. The van der Waals surface area contributed by atoms with Crippen LogP contribution in [0, 0.1) is 0 Å². The van der Waals surface area contributed by atoms with Crippen LogP contribution in [0.5, 0.6) is 0 Å². The van der Waals surface area contributed by atoms with Gasteiger partial charge in [0.25, 0.3) is 0 Å². The molecule has 0 amide bonds. The molecule has 2 aromatic rings. The van der Waals surface area contributed by atoms with Crippen molar-refractivity contribution in [3.05, 3.63) is 28.7 Å². The Kier molecular flexibility index (Phi) is 3.39. The summed E-state index contributed by atoms with van der Waals surface area (Å²) in [5, 5.41) is 0. The van der Waals surface area contributed by atoms with E-state index in [1.54, 1.807) is 0 Å². The number of ether oxygens (including phenoxy) is 1. The molecule has 2 atom stereocenters. The Hall–Kier alpha value is -1.69. The Morgan fingerprint density at radius 3 is 2.71 bits per heavy atom. The third kappa shape index (κ3) is 2.48. The van der Waals surface area contributed by atoms with Gasteiger partial charge in [-0.25, -0.2) is 21.6 Å². The number of aromatic nitrogens is 2. The van der Waals surface area contributed by atoms with E-state index in [1.165, 1.54) is 22.5 Å². The van der Waals surface area contributed by atoms with E-state index in [0.717, 1.165) is 0 Å². The number of nitrogens with zero attached hydrogens (tertiary/aromatic N) is 1. The first-order valence-electron chi connectivity index (χ1n) is 7.32. The van der Waals surface area contributed by atoms with Crippen LogP contribution in [-0.4, -0.2) is 67.9 Å². The molecule has 2 aliphatic heterocycles. The van der Waals surface area contributed by atoms with Gasteiger partial charge in [-0.3, -0.25) is 0 Å². The second-order valence-electron chi connectivity index (χ2n) is 5.96. The third-order valence-electron chi connectivity index (χ3n) is 4.38. The molecular weight excluding hydrogens is 358 g/mol. The van der Waals surface area contributed by atoms with Gasteiger partial charge in [0.05, 0.1) is 46.2 Å². The lowest BCUT2D eigenvalue weighted by molar-refractivity contribution is -0.0141. The molecule has 0 spiro atoms. The maximum Gasteiger partial charge on any atom is 0.323 e. The number of H-pyrrole nitrogens is 2. The zero-order valence-electron chi connectivity index (χ0n) is 12.4. The Balaban J connectivity index is 1.76. The number of benzene rings is 1. The molecule has 2 fully saturated rings. The molecule has 1 aromatic heterocycles. The minimum Gasteiger partial charge on any atom is -0.374 e. The van der Waals surface area contributed by atoms with E-state index in [1.807, 2.05) is 0 Å². The van der Waals surface area contributed by atoms with Crippen LogP contribution in [0.3, 0.4) is 0 Å². The summed E-state index contributed by atoms with van der Waals surface area (Å²) < 4.78 is 56.2. The van der Waals surface area contributed by atoms with Crippen molar-refractivity contribution < 1.29 is 21.6 Å². The van der Waals surface area contributed by atoms with Gasteiger partial charge in [0, 0.05) is 6.54 Å². The Morgan fingerprint density at radius 1 is 1.17 bits per heavy atom. The lowest BCUT2D eigenvalue weighted by Gasteiger charge is -2.35. The van der Waals surface area contributed by atoms with Crippen molar-refractivity contribution in [2.24, 2.45) is 0 Å². The molecule has 2 saturated heterocycles. The number of sulfonamides is 1. The third-order valence-corrected chi connectivity index (χ3v) is 7.99. The van der Waals surface area contributed by atoms with Crippen molar-refractivity contribution in [3.63, 3.8) is 0 Å². The topological polar surface area (TPSA) is 129 Å². The smallest absolute Gasteiger partial charge is 0.323 e. The summed E-state index contributed by atoms with van der Waals surface area (Å²) in [4.78, 5) is 16.4. The summed E-state index contributed by atoms with van der Waals surface area (Å²) in [6.45, 7) is 0.250. The van der Waals surface area contributed by atoms with Crippen molar-refractivity contribution in [1.82, 2.24) is 14.3 Å². The standard InChI is InChI=1S/C13H15N3O6S2/c17-13-14-9-2-1-8(5-10(9)15-13)24(20,21)16-3-4-22-12-7-23(18,19)6-11(12)16/h1-2,5,11-12H,3-4,6-7H2,(H2,14,15,17). The van der Waals surface area contributed by atoms with E-state index < -0.39 is 37.7 Å².